The number of benzene rings is 1. The predicted octanol–water partition coefficient (Wildman–Crippen LogP) is 2.82. The van der Waals surface area contributed by atoms with E-state index in [1.54, 1.807) is 6.92 Å². The van der Waals surface area contributed by atoms with E-state index in [-0.39, 0.29) is 11.7 Å². The molecular weight excluding hydrogens is 324 g/mol. The second-order valence-corrected chi connectivity index (χ2v) is 6.53. The molecule has 1 heterocycles. The second kappa shape index (κ2) is 7.53. The van der Waals surface area contributed by atoms with Crippen molar-refractivity contribution in [3.8, 4) is 11.3 Å². The van der Waals surface area contributed by atoms with Gasteiger partial charge in [-0.2, -0.15) is 0 Å². The van der Waals surface area contributed by atoms with Crippen LogP contribution >= 0.6 is 11.8 Å². The van der Waals surface area contributed by atoms with E-state index in [1.165, 1.54) is 11.8 Å². The third-order valence-electron chi connectivity index (χ3n) is 3.67. The summed E-state index contributed by atoms with van der Waals surface area (Å²) in [6, 6.07) is 10.1. The molecule has 2 N–H and O–H groups in total. The fraction of sp³-hybridized carbons (Fsp3) is 0.353. The van der Waals surface area contributed by atoms with Crippen LogP contribution in [0.1, 0.15) is 25.8 Å². The average Bonchev–Trinajstić information content (AvgIpc) is 3.33. The summed E-state index contributed by atoms with van der Waals surface area (Å²) >= 11 is 1.36. The SMILES string of the molecule is CCNC(=O)NC(=O)CSc1ncc(-c2ccccc2)n1C1CC1. The van der Waals surface area contributed by atoms with Gasteiger partial charge in [-0.1, -0.05) is 42.1 Å². The molecule has 0 unspecified atom stereocenters. The van der Waals surface area contributed by atoms with Gasteiger partial charge in [0.2, 0.25) is 5.91 Å². The van der Waals surface area contributed by atoms with Crippen molar-refractivity contribution in [1.29, 1.82) is 0 Å². The summed E-state index contributed by atoms with van der Waals surface area (Å²) in [7, 11) is 0. The van der Waals surface area contributed by atoms with E-state index in [9.17, 15) is 9.59 Å². The van der Waals surface area contributed by atoms with Gasteiger partial charge in [0, 0.05) is 12.6 Å². The number of amides is 3. The van der Waals surface area contributed by atoms with Crippen molar-refractivity contribution in [2.45, 2.75) is 31.0 Å². The van der Waals surface area contributed by atoms with E-state index in [2.05, 4.69) is 32.3 Å². The first-order chi connectivity index (χ1) is 11.7. The summed E-state index contributed by atoms with van der Waals surface area (Å²) in [4.78, 5) is 27.7. The normalized spacial score (nSPS) is 13.5. The van der Waals surface area contributed by atoms with Crippen LogP contribution in [0.15, 0.2) is 41.7 Å². The molecule has 6 nitrogen and oxygen atoms in total. The fourth-order valence-corrected chi connectivity index (χ4v) is 3.30. The number of aromatic nitrogens is 2. The summed E-state index contributed by atoms with van der Waals surface area (Å²) in [5, 5.41) is 5.67. The average molecular weight is 344 g/mol. The van der Waals surface area contributed by atoms with Gasteiger partial charge in [0.25, 0.3) is 0 Å². The van der Waals surface area contributed by atoms with Crippen molar-refractivity contribution in [1.82, 2.24) is 20.2 Å². The van der Waals surface area contributed by atoms with Crippen LogP contribution in [-0.2, 0) is 4.79 Å². The van der Waals surface area contributed by atoms with E-state index in [0.29, 0.717) is 12.6 Å². The van der Waals surface area contributed by atoms with Crippen molar-refractivity contribution >= 4 is 23.7 Å². The zero-order valence-corrected chi connectivity index (χ0v) is 14.3. The van der Waals surface area contributed by atoms with Crippen LogP contribution in [0.5, 0.6) is 0 Å². The molecule has 3 amide bonds. The molecule has 126 valence electrons. The lowest BCUT2D eigenvalue weighted by Crippen LogP contribution is -2.40. The van der Waals surface area contributed by atoms with Crippen LogP contribution in [0.3, 0.4) is 0 Å². The van der Waals surface area contributed by atoms with Crippen molar-refractivity contribution < 1.29 is 9.59 Å². The molecule has 1 aliphatic carbocycles. The number of nitrogens with zero attached hydrogens (tertiary/aromatic N) is 2. The molecule has 24 heavy (non-hydrogen) atoms. The largest absolute Gasteiger partial charge is 0.338 e. The van der Waals surface area contributed by atoms with E-state index >= 15 is 0 Å². The highest BCUT2D eigenvalue weighted by Crippen LogP contribution is 2.41. The minimum Gasteiger partial charge on any atom is -0.338 e. The molecule has 0 atom stereocenters. The first kappa shape index (κ1) is 16.6. The summed E-state index contributed by atoms with van der Waals surface area (Å²) in [5.41, 5.74) is 2.19. The van der Waals surface area contributed by atoms with Crippen LogP contribution in [0.25, 0.3) is 11.3 Å². The third-order valence-corrected chi connectivity index (χ3v) is 4.63. The molecule has 1 fully saturated rings. The molecule has 2 aromatic rings. The molecule has 0 radical (unpaired) electrons. The van der Waals surface area contributed by atoms with E-state index < -0.39 is 6.03 Å². The lowest BCUT2D eigenvalue weighted by molar-refractivity contribution is -0.117. The molecule has 1 aromatic heterocycles. The summed E-state index contributed by atoms with van der Waals surface area (Å²) < 4.78 is 2.21. The molecule has 3 rings (SSSR count). The lowest BCUT2D eigenvalue weighted by Gasteiger charge is -2.10. The first-order valence-electron chi connectivity index (χ1n) is 8.02. The third kappa shape index (κ3) is 3.97. The quantitative estimate of drug-likeness (QED) is 0.790. The molecular formula is C17H20N4O2S. The Bertz CT molecular complexity index is 725. The first-order valence-corrected chi connectivity index (χ1v) is 9.00. The highest BCUT2D eigenvalue weighted by Gasteiger charge is 2.29. The van der Waals surface area contributed by atoms with Crippen LogP contribution < -0.4 is 10.6 Å². The zero-order chi connectivity index (χ0) is 16.9. The number of imidazole rings is 1. The Kier molecular flexibility index (Phi) is 5.20. The van der Waals surface area contributed by atoms with Gasteiger partial charge in [-0.25, -0.2) is 9.78 Å². The van der Waals surface area contributed by atoms with E-state index in [4.69, 9.17) is 0 Å². The number of urea groups is 1. The minimum atomic E-state index is -0.460. The predicted molar refractivity (Wildman–Crippen MR) is 93.9 cm³/mol. The Hall–Kier alpha value is -2.28. The summed E-state index contributed by atoms with van der Waals surface area (Å²) in [5.74, 6) is -0.160. The molecule has 0 bridgehead atoms. The number of nitrogens with one attached hydrogen (secondary N) is 2. The van der Waals surface area contributed by atoms with Crippen LogP contribution in [0, 0.1) is 0 Å². The van der Waals surface area contributed by atoms with Gasteiger partial charge in [0.05, 0.1) is 17.6 Å². The molecule has 0 aliphatic heterocycles. The number of carbonyl (C=O) groups is 2. The fourth-order valence-electron chi connectivity index (χ4n) is 2.46. The number of imide groups is 1. The number of hydrogen-bond acceptors (Lipinski definition) is 4. The Labute approximate surface area is 145 Å². The topological polar surface area (TPSA) is 76.0 Å². The van der Waals surface area contributed by atoms with Crippen molar-refractivity contribution in [3.05, 3.63) is 36.5 Å². The smallest absolute Gasteiger partial charge is 0.321 e. The standard InChI is InChI=1S/C17H20N4O2S/c1-2-18-16(23)20-15(22)11-24-17-19-10-14(21(17)13-8-9-13)12-6-4-3-5-7-12/h3-7,10,13H,2,8-9,11H2,1H3,(H2,18,20,22,23). The Morgan fingerprint density at radius 1 is 1.29 bits per heavy atom. The highest BCUT2D eigenvalue weighted by atomic mass is 32.2. The summed E-state index contributed by atoms with van der Waals surface area (Å²) in [6.07, 6.45) is 4.13. The lowest BCUT2D eigenvalue weighted by atomic mass is 10.2. The maximum absolute atomic E-state index is 11.8. The highest BCUT2D eigenvalue weighted by molar-refractivity contribution is 7.99. The van der Waals surface area contributed by atoms with Gasteiger partial charge < -0.3 is 9.88 Å². The molecule has 1 aliphatic rings. The second-order valence-electron chi connectivity index (χ2n) is 5.59. The number of hydrogen-bond donors (Lipinski definition) is 2. The van der Waals surface area contributed by atoms with Gasteiger partial charge in [-0.15, -0.1) is 0 Å². The zero-order valence-electron chi connectivity index (χ0n) is 13.5. The van der Waals surface area contributed by atoms with Gasteiger partial charge in [0.1, 0.15) is 0 Å². The molecule has 0 saturated heterocycles. The van der Waals surface area contributed by atoms with Crippen LogP contribution in [-0.4, -0.2) is 33.8 Å². The molecule has 1 saturated carbocycles. The molecule has 0 spiro atoms. The van der Waals surface area contributed by atoms with Gasteiger partial charge >= 0.3 is 6.03 Å². The van der Waals surface area contributed by atoms with Crippen LogP contribution in [0.2, 0.25) is 0 Å². The Morgan fingerprint density at radius 3 is 2.71 bits per heavy atom. The van der Waals surface area contributed by atoms with Gasteiger partial charge in [-0.3, -0.25) is 10.1 Å². The van der Waals surface area contributed by atoms with Crippen molar-refractivity contribution in [2.75, 3.05) is 12.3 Å². The van der Waals surface area contributed by atoms with Gasteiger partial charge in [-0.05, 0) is 25.3 Å². The molecule has 1 aromatic carbocycles. The summed E-state index contributed by atoms with van der Waals surface area (Å²) in [6.45, 7) is 2.29. The maximum atomic E-state index is 11.8. The number of thioether (sulfide) groups is 1. The van der Waals surface area contributed by atoms with Gasteiger partial charge in [0.15, 0.2) is 5.16 Å². The molecule has 7 heteroatoms. The number of carbonyl (C=O) groups excluding carboxylic acids is 2. The Morgan fingerprint density at radius 2 is 2.04 bits per heavy atom. The number of rotatable bonds is 6. The van der Waals surface area contributed by atoms with Crippen LogP contribution in [0.4, 0.5) is 4.79 Å². The Balaban J connectivity index is 1.69. The van der Waals surface area contributed by atoms with E-state index in [0.717, 1.165) is 29.3 Å². The van der Waals surface area contributed by atoms with E-state index in [1.807, 2.05) is 24.4 Å². The monoisotopic (exact) mass is 344 g/mol. The maximum Gasteiger partial charge on any atom is 0.321 e. The van der Waals surface area contributed by atoms with Crippen molar-refractivity contribution in [2.24, 2.45) is 0 Å². The minimum absolute atomic E-state index is 0.162. The van der Waals surface area contributed by atoms with Crippen molar-refractivity contribution in [3.63, 3.8) is 0 Å².